The molecule has 0 atom stereocenters. The minimum Gasteiger partial charge on any atom is -0.454 e. The summed E-state index contributed by atoms with van der Waals surface area (Å²) in [6, 6.07) is 20.3. The monoisotopic (exact) mass is 472 g/mol. The van der Waals surface area contributed by atoms with Crippen LogP contribution in [0.5, 0.6) is 11.5 Å². The largest absolute Gasteiger partial charge is 0.454 e. The fraction of sp³-hybridized carbons (Fsp3) is 0.259. The smallest absolute Gasteiger partial charge is 0.255 e. The quantitative estimate of drug-likeness (QED) is 0.494. The van der Waals surface area contributed by atoms with Crippen LogP contribution in [0.2, 0.25) is 0 Å². The summed E-state index contributed by atoms with van der Waals surface area (Å²) >= 11 is 1.71. The molecule has 172 valence electrons. The fourth-order valence-electron chi connectivity index (χ4n) is 4.76. The summed E-state index contributed by atoms with van der Waals surface area (Å²) in [6.45, 7) is 6.61. The molecule has 6 rings (SSSR count). The zero-order valence-electron chi connectivity index (χ0n) is 19.0. The van der Waals surface area contributed by atoms with Crippen molar-refractivity contribution in [3.05, 3.63) is 76.7 Å². The van der Waals surface area contributed by atoms with Crippen molar-refractivity contribution in [1.29, 1.82) is 0 Å². The van der Waals surface area contributed by atoms with Crippen LogP contribution in [-0.2, 0) is 6.54 Å². The molecule has 4 heterocycles. The number of aromatic nitrogens is 1. The van der Waals surface area contributed by atoms with Crippen molar-refractivity contribution in [3.63, 3.8) is 0 Å². The van der Waals surface area contributed by atoms with Gasteiger partial charge in [0.15, 0.2) is 11.5 Å². The minimum absolute atomic E-state index is 0.0928. The van der Waals surface area contributed by atoms with Crippen LogP contribution < -0.4 is 14.4 Å². The maximum atomic E-state index is 13.7. The molecule has 4 aromatic rings. The Labute approximate surface area is 202 Å². The van der Waals surface area contributed by atoms with Crippen molar-refractivity contribution in [2.75, 3.05) is 33.0 Å². The molecule has 7 heteroatoms. The number of hydrogen-bond acceptors (Lipinski definition) is 5. The second-order valence-electron chi connectivity index (χ2n) is 8.89. The average Bonchev–Trinajstić information content (AvgIpc) is 3.52. The number of nitrogens with zero attached hydrogens (tertiary/aromatic N) is 2. The lowest BCUT2D eigenvalue weighted by atomic mass is 10.1. The van der Waals surface area contributed by atoms with Gasteiger partial charge in [-0.05, 0) is 49.4 Å². The van der Waals surface area contributed by atoms with Crippen LogP contribution in [0.25, 0.3) is 21.5 Å². The summed E-state index contributed by atoms with van der Waals surface area (Å²) in [7, 11) is 0. The van der Waals surface area contributed by atoms with Crippen LogP contribution in [0.15, 0.2) is 60.7 Å². The van der Waals surface area contributed by atoms with Gasteiger partial charge in [-0.25, -0.2) is 4.98 Å². The highest BCUT2D eigenvalue weighted by atomic mass is 32.1. The van der Waals surface area contributed by atoms with E-state index in [0.29, 0.717) is 6.79 Å². The van der Waals surface area contributed by atoms with Crippen LogP contribution in [0.4, 0.5) is 0 Å². The van der Waals surface area contributed by atoms with Gasteiger partial charge in [-0.3, -0.25) is 4.79 Å². The molecule has 1 fully saturated rings. The lowest BCUT2D eigenvalue weighted by Gasteiger charge is -2.32. The molecule has 0 spiro atoms. The first kappa shape index (κ1) is 21.1. The van der Waals surface area contributed by atoms with Crippen LogP contribution in [0.1, 0.15) is 20.8 Å². The molecule has 0 aliphatic carbocycles. The van der Waals surface area contributed by atoms with Gasteiger partial charge in [0.25, 0.3) is 5.91 Å². The van der Waals surface area contributed by atoms with Gasteiger partial charge in [0.1, 0.15) is 6.54 Å². The Morgan fingerprint density at radius 3 is 2.68 bits per heavy atom. The SMILES string of the molecule is Cc1ccc(-c2cc(C(=O)N3CC[NH+](Cc4ccc5c(c4)OCO5)CC3)c3ccccc3n2)s1. The molecule has 2 aliphatic rings. The topological polar surface area (TPSA) is 56.1 Å². The summed E-state index contributed by atoms with van der Waals surface area (Å²) in [5.74, 6) is 1.73. The summed E-state index contributed by atoms with van der Waals surface area (Å²) in [6.07, 6.45) is 0. The number of fused-ring (bicyclic) bond motifs is 2. The average molecular weight is 473 g/mol. The number of carbonyl (C=O) groups is 1. The Morgan fingerprint density at radius 2 is 1.85 bits per heavy atom. The van der Waals surface area contributed by atoms with Gasteiger partial charge >= 0.3 is 0 Å². The zero-order chi connectivity index (χ0) is 23.1. The fourth-order valence-corrected chi connectivity index (χ4v) is 5.59. The first-order chi connectivity index (χ1) is 16.6. The summed E-state index contributed by atoms with van der Waals surface area (Å²) in [4.78, 5) is 24.3. The van der Waals surface area contributed by atoms with Crippen LogP contribution in [0.3, 0.4) is 0 Å². The van der Waals surface area contributed by atoms with Crippen molar-refractivity contribution in [2.45, 2.75) is 13.5 Å². The lowest BCUT2D eigenvalue weighted by molar-refractivity contribution is -0.917. The van der Waals surface area contributed by atoms with Crippen molar-refractivity contribution < 1.29 is 19.2 Å². The maximum Gasteiger partial charge on any atom is 0.255 e. The van der Waals surface area contributed by atoms with E-state index >= 15 is 0 Å². The number of amides is 1. The lowest BCUT2D eigenvalue weighted by Crippen LogP contribution is -3.13. The highest BCUT2D eigenvalue weighted by Crippen LogP contribution is 2.32. The molecule has 1 saturated heterocycles. The summed E-state index contributed by atoms with van der Waals surface area (Å²) in [5.41, 5.74) is 3.70. The molecule has 0 bridgehead atoms. The third-order valence-corrected chi connectivity index (χ3v) is 7.61. The number of para-hydroxylation sites is 1. The second kappa shape index (κ2) is 8.74. The van der Waals surface area contributed by atoms with E-state index in [0.717, 1.165) is 71.3 Å². The van der Waals surface area contributed by atoms with Gasteiger partial charge in [0.2, 0.25) is 6.79 Å². The van der Waals surface area contributed by atoms with Gasteiger partial charge in [0.05, 0.1) is 47.8 Å². The van der Waals surface area contributed by atoms with E-state index in [-0.39, 0.29) is 5.91 Å². The van der Waals surface area contributed by atoms with E-state index in [1.165, 1.54) is 15.3 Å². The van der Waals surface area contributed by atoms with Gasteiger partial charge in [-0.15, -0.1) is 11.3 Å². The Bertz CT molecular complexity index is 1370. The van der Waals surface area contributed by atoms with Crippen LogP contribution >= 0.6 is 11.3 Å². The number of aryl methyl sites for hydroxylation is 1. The first-order valence-corrected chi connectivity index (χ1v) is 12.4. The minimum atomic E-state index is 0.0928. The molecule has 0 unspecified atom stereocenters. The van der Waals surface area contributed by atoms with Gasteiger partial charge < -0.3 is 19.3 Å². The molecular formula is C27H26N3O3S+. The number of nitrogens with one attached hydrogen (secondary N) is 1. The number of rotatable bonds is 4. The number of carbonyl (C=O) groups excluding carboxylic acids is 1. The number of quaternary nitrogens is 1. The number of piperazine rings is 1. The van der Waals surface area contributed by atoms with Gasteiger partial charge in [-0.2, -0.15) is 0 Å². The Hall–Kier alpha value is -3.42. The van der Waals surface area contributed by atoms with Gasteiger partial charge in [-0.1, -0.05) is 18.2 Å². The molecule has 0 radical (unpaired) electrons. The van der Waals surface area contributed by atoms with Crippen molar-refractivity contribution in [3.8, 4) is 22.1 Å². The molecule has 2 aromatic heterocycles. The predicted octanol–water partition coefficient (Wildman–Crippen LogP) is 3.54. The van der Waals surface area contributed by atoms with E-state index in [1.807, 2.05) is 41.3 Å². The third kappa shape index (κ3) is 4.02. The standard InChI is InChI=1S/C27H25N3O3S/c1-18-6-9-26(34-18)23-15-21(20-4-2-3-5-22(20)28-23)27(31)30-12-10-29(11-13-30)16-19-7-8-24-25(14-19)33-17-32-24/h2-9,14-15H,10-13,16-17H2,1H3/p+1. The predicted molar refractivity (Wildman–Crippen MR) is 133 cm³/mol. The molecule has 34 heavy (non-hydrogen) atoms. The molecule has 1 N–H and O–H groups in total. The second-order valence-corrected chi connectivity index (χ2v) is 10.2. The van der Waals surface area contributed by atoms with E-state index < -0.39 is 0 Å². The molecule has 1 amide bonds. The summed E-state index contributed by atoms with van der Waals surface area (Å²) in [5, 5.41) is 0.916. The third-order valence-electron chi connectivity index (χ3n) is 6.59. The molecule has 2 aromatic carbocycles. The van der Waals surface area contributed by atoms with E-state index in [1.54, 1.807) is 11.3 Å². The highest BCUT2D eigenvalue weighted by Gasteiger charge is 2.27. The van der Waals surface area contributed by atoms with E-state index in [4.69, 9.17) is 14.5 Å². The molecule has 6 nitrogen and oxygen atoms in total. The van der Waals surface area contributed by atoms with Crippen molar-refractivity contribution in [2.24, 2.45) is 0 Å². The van der Waals surface area contributed by atoms with Crippen LogP contribution in [-0.4, -0.2) is 48.8 Å². The van der Waals surface area contributed by atoms with Crippen molar-refractivity contribution >= 4 is 28.1 Å². The highest BCUT2D eigenvalue weighted by molar-refractivity contribution is 7.15. The summed E-state index contributed by atoms with van der Waals surface area (Å²) < 4.78 is 10.9. The first-order valence-electron chi connectivity index (χ1n) is 11.6. The number of benzene rings is 2. The van der Waals surface area contributed by atoms with Gasteiger partial charge in [0, 0.05) is 15.8 Å². The molecule has 2 aliphatic heterocycles. The Balaban J connectivity index is 1.20. The number of thiophene rings is 1. The normalized spacial score (nSPS) is 15.7. The zero-order valence-corrected chi connectivity index (χ0v) is 19.9. The number of pyridine rings is 1. The molecule has 0 saturated carbocycles. The number of hydrogen-bond donors (Lipinski definition) is 1. The molecular weight excluding hydrogens is 446 g/mol. The Morgan fingerprint density at radius 1 is 1.03 bits per heavy atom. The van der Waals surface area contributed by atoms with Crippen LogP contribution in [0, 0.1) is 6.92 Å². The van der Waals surface area contributed by atoms with Crippen molar-refractivity contribution in [1.82, 2.24) is 9.88 Å². The van der Waals surface area contributed by atoms with E-state index in [2.05, 4.69) is 31.2 Å². The van der Waals surface area contributed by atoms with E-state index in [9.17, 15) is 4.79 Å². The number of ether oxygens (including phenoxy) is 2. The maximum absolute atomic E-state index is 13.7. The Kier molecular flexibility index (Phi) is 5.43.